The van der Waals surface area contributed by atoms with E-state index in [1.54, 1.807) is 0 Å². The van der Waals surface area contributed by atoms with Crippen LogP contribution in [-0.2, 0) is 0 Å². The number of nitrogens with zero attached hydrogens (tertiary/aromatic N) is 2. The maximum atomic E-state index is 15.3. The van der Waals surface area contributed by atoms with Crippen molar-refractivity contribution >= 4 is 54.9 Å². The third-order valence-electron chi connectivity index (χ3n) is 6.89. The molecule has 2 aromatic carbocycles. The molecule has 0 fully saturated rings. The summed E-state index contributed by atoms with van der Waals surface area (Å²) in [6, 6.07) is 3.82. The second kappa shape index (κ2) is 7.77. The molecule has 0 saturated heterocycles. The van der Waals surface area contributed by atoms with Crippen molar-refractivity contribution in [2.24, 2.45) is 0 Å². The molecule has 41 heavy (non-hydrogen) atoms. The van der Waals surface area contributed by atoms with Gasteiger partial charge in [-0.05, 0) is 24.3 Å². The summed E-state index contributed by atoms with van der Waals surface area (Å²) in [5, 5.41) is -1.19. The minimum Gasteiger partial charge on any atom is -0.455 e. The molecule has 0 N–H and O–H groups in total. The standard InChI is InChI=1S/C27H8F10N2O2/c28-11-3-13-21(15(30)5-11)38-7-9-1-17(40-23(9)13)19-20(26(34,35)27(36,37)25(19,32)33)18-2-10-8-39-22-14(24(10)41-18)4-12(29)6-16(22)31/h1-8H. The minimum atomic E-state index is -6.00. The van der Waals surface area contributed by atoms with Crippen LogP contribution in [-0.4, -0.2) is 27.7 Å². The Morgan fingerprint density at radius 3 is 1.32 bits per heavy atom. The van der Waals surface area contributed by atoms with Gasteiger partial charge in [-0.15, -0.1) is 0 Å². The minimum absolute atomic E-state index is 0.218. The number of hydrogen-bond acceptors (Lipinski definition) is 4. The summed E-state index contributed by atoms with van der Waals surface area (Å²) in [5.41, 5.74) is -5.84. The zero-order valence-electron chi connectivity index (χ0n) is 19.6. The monoisotopic (exact) mass is 582 g/mol. The highest BCUT2D eigenvalue weighted by atomic mass is 19.3. The Morgan fingerprint density at radius 2 is 0.927 bits per heavy atom. The summed E-state index contributed by atoms with van der Waals surface area (Å²) in [5.74, 6) is -24.0. The largest absolute Gasteiger partial charge is 0.455 e. The van der Waals surface area contributed by atoms with Crippen molar-refractivity contribution in [3.63, 3.8) is 0 Å². The fraction of sp³-hybridized carbons (Fsp3) is 0.111. The van der Waals surface area contributed by atoms with E-state index in [9.17, 15) is 26.3 Å². The van der Waals surface area contributed by atoms with E-state index in [0.717, 1.165) is 24.5 Å². The average Bonchev–Trinajstić information content (AvgIpc) is 3.53. The molecular formula is C27H8F10N2O2. The summed E-state index contributed by atoms with van der Waals surface area (Å²) in [4.78, 5) is 7.49. The smallest absolute Gasteiger partial charge is 0.380 e. The second-order valence-corrected chi connectivity index (χ2v) is 9.35. The molecule has 0 unspecified atom stereocenters. The first kappa shape index (κ1) is 25.4. The van der Waals surface area contributed by atoms with E-state index in [0.29, 0.717) is 24.3 Å². The lowest BCUT2D eigenvalue weighted by atomic mass is 10.0. The van der Waals surface area contributed by atoms with Gasteiger partial charge in [-0.25, -0.2) is 17.6 Å². The van der Waals surface area contributed by atoms with Crippen LogP contribution in [0.1, 0.15) is 11.5 Å². The summed E-state index contributed by atoms with van der Waals surface area (Å²) in [6.07, 6.45) is 1.80. The molecule has 1 aliphatic carbocycles. The normalized spacial score (nSPS) is 18.0. The van der Waals surface area contributed by atoms with Crippen LogP contribution in [0.5, 0.6) is 0 Å². The molecule has 0 saturated carbocycles. The zero-order chi connectivity index (χ0) is 29.2. The summed E-state index contributed by atoms with van der Waals surface area (Å²) in [6.45, 7) is 0. The van der Waals surface area contributed by atoms with Gasteiger partial charge in [0, 0.05) is 46.1 Å². The third kappa shape index (κ3) is 3.18. The van der Waals surface area contributed by atoms with Gasteiger partial charge in [-0.3, -0.25) is 9.97 Å². The fourth-order valence-electron chi connectivity index (χ4n) is 5.06. The molecule has 4 aromatic heterocycles. The molecule has 0 aliphatic heterocycles. The number of aromatic nitrogens is 2. The van der Waals surface area contributed by atoms with Crippen molar-refractivity contribution in [3.05, 3.63) is 83.6 Å². The first-order chi connectivity index (χ1) is 19.2. The molecule has 4 nitrogen and oxygen atoms in total. The maximum Gasteiger partial charge on any atom is 0.380 e. The summed E-state index contributed by atoms with van der Waals surface area (Å²) < 4.78 is 157. The number of rotatable bonds is 2. The lowest BCUT2D eigenvalue weighted by Crippen LogP contribution is -2.48. The van der Waals surface area contributed by atoms with Crippen LogP contribution in [0.15, 0.2) is 57.6 Å². The predicted molar refractivity (Wildman–Crippen MR) is 125 cm³/mol. The van der Waals surface area contributed by atoms with Crippen LogP contribution in [0, 0.1) is 23.3 Å². The van der Waals surface area contributed by atoms with Crippen molar-refractivity contribution in [2.75, 3.05) is 0 Å². The van der Waals surface area contributed by atoms with E-state index in [-0.39, 0.29) is 21.5 Å². The molecule has 208 valence electrons. The molecule has 0 spiro atoms. The summed E-state index contributed by atoms with van der Waals surface area (Å²) in [7, 11) is 0. The molecular weight excluding hydrogens is 574 g/mol. The second-order valence-electron chi connectivity index (χ2n) is 9.35. The van der Waals surface area contributed by atoms with Gasteiger partial charge in [-0.1, -0.05) is 0 Å². The van der Waals surface area contributed by atoms with Gasteiger partial charge in [0.05, 0.1) is 11.1 Å². The van der Waals surface area contributed by atoms with Gasteiger partial charge < -0.3 is 8.83 Å². The van der Waals surface area contributed by atoms with E-state index < -0.39 is 85.9 Å². The van der Waals surface area contributed by atoms with Gasteiger partial charge in [0.15, 0.2) is 11.6 Å². The van der Waals surface area contributed by atoms with Gasteiger partial charge in [0.1, 0.15) is 45.4 Å². The van der Waals surface area contributed by atoms with Crippen LogP contribution in [0.3, 0.4) is 0 Å². The number of pyridine rings is 2. The lowest BCUT2D eigenvalue weighted by molar-refractivity contribution is -0.254. The molecule has 7 rings (SSSR count). The van der Waals surface area contributed by atoms with Crippen molar-refractivity contribution in [1.82, 2.24) is 9.97 Å². The Balaban J connectivity index is 1.56. The van der Waals surface area contributed by atoms with Crippen LogP contribution in [0.2, 0.25) is 0 Å². The molecule has 4 heterocycles. The van der Waals surface area contributed by atoms with Crippen molar-refractivity contribution < 1.29 is 52.7 Å². The van der Waals surface area contributed by atoms with Gasteiger partial charge in [0.25, 0.3) is 0 Å². The van der Waals surface area contributed by atoms with Crippen molar-refractivity contribution in [3.8, 4) is 0 Å². The molecule has 14 heteroatoms. The van der Waals surface area contributed by atoms with Gasteiger partial charge in [0.2, 0.25) is 0 Å². The highest BCUT2D eigenvalue weighted by Gasteiger charge is 2.81. The highest BCUT2D eigenvalue weighted by molar-refractivity contribution is 6.08. The van der Waals surface area contributed by atoms with E-state index in [4.69, 9.17) is 8.83 Å². The summed E-state index contributed by atoms with van der Waals surface area (Å²) >= 11 is 0. The number of furan rings is 2. The van der Waals surface area contributed by atoms with E-state index in [2.05, 4.69) is 9.97 Å². The Labute approximate surface area is 219 Å². The molecule has 0 atom stereocenters. The predicted octanol–water partition coefficient (Wildman–Crippen LogP) is 8.66. The number of benzene rings is 2. The SMILES string of the molecule is Fc1cc(F)c2ncc3cc(C4=C(c5cc6cnc7c(F)cc(F)cc7c6o5)C(F)(F)C(F)(F)C4(F)F)oc3c2c1. The zero-order valence-corrected chi connectivity index (χ0v) is 19.6. The van der Waals surface area contributed by atoms with Gasteiger partial charge in [-0.2, -0.15) is 26.3 Å². The van der Waals surface area contributed by atoms with E-state index >= 15 is 17.6 Å². The third-order valence-corrected chi connectivity index (χ3v) is 6.89. The Hall–Kier alpha value is -4.62. The number of halogens is 10. The molecule has 0 bridgehead atoms. The van der Waals surface area contributed by atoms with Crippen LogP contribution in [0.25, 0.3) is 54.9 Å². The molecule has 1 aliphatic rings. The number of fused-ring (bicyclic) bond motifs is 6. The highest BCUT2D eigenvalue weighted by Crippen LogP contribution is 2.65. The van der Waals surface area contributed by atoms with E-state index in [1.165, 1.54) is 0 Å². The average molecular weight is 582 g/mol. The molecule has 0 radical (unpaired) electrons. The first-order valence-corrected chi connectivity index (χ1v) is 11.5. The number of hydrogen-bond donors (Lipinski definition) is 0. The lowest BCUT2D eigenvalue weighted by Gasteiger charge is -2.25. The van der Waals surface area contributed by atoms with Gasteiger partial charge >= 0.3 is 17.8 Å². The maximum absolute atomic E-state index is 15.3. The number of alkyl halides is 6. The molecule has 6 aromatic rings. The van der Waals surface area contributed by atoms with E-state index in [1.807, 2.05) is 0 Å². The van der Waals surface area contributed by atoms with Crippen molar-refractivity contribution in [1.29, 1.82) is 0 Å². The topological polar surface area (TPSA) is 52.1 Å². The van der Waals surface area contributed by atoms with Crippen molar-refractivity contribution in [2.45, 2.75) is 17.8 Å². The Morgan fingerprint density at radius 1 is 0.537 bits per heavy atom. The van der Waals surface area contributed by atoms with Crippen LogP contribution < -0.4 is 0 Å². The Kier molecular flexibility index (Phi) is 4.80. The Bertz CT molecular complexity index is 2000. The number of allylic oxidation sites excluding steroid dienone is 2. The first-order valence-electron chi connectivity index (χ1n) is 11.5. The van der Waals surface area contributed by atoms with Crippen LogP contribution in [0.4, 0.5) is 43.9 Å². The quantitative estimate of drug-likeness (QED) is 0.192. The fourth-order valence-corrected chi connectivity index (χ4v) is 5.06. The van der Waals surface area contributed by atoms with Crippen LogP contribution >= 0.6 is 0 Å². The molecule has 0 amide bonds.